The van der Waals surface area contributed by atoms with E-state index in [1.165, 1.54) is 11.8 Å². The van der Waals surface area contributed by atoms with Gasteiger partial charge in [0.25, 0.3) is 11.8 Å². The zero-order chi connectivity index (χ0) is 27.0. The number of thioether (sulfide) groups is 3. The Hall–Kier alpha value is -3.13. The number of nitrogen functional groups attached to an aromatic ring is 3. The number of aliphatic carboxylic acids is 1. The number of halogens is 1. The molecule has 0 saturated carbocycles. The Balaban J connectivity index is 1.46. The summed E-state index contributed by atoms with van der Waals surface area (Å²) in [6, 6.07) is -1.08. The molecule has 2 aromatic rings. The lowest BCUT2D eigenvalue weighted by molar-refractivity contribution is -0.150. The van der Waals surface area contributed by atoms with Crippen LogP contribution in [-0.4, -0.2) is 75.9 Å². The minimum Gasteiger partial charge on any atom is -0.477 e. The first-order valence-corrected chi connectivity index (χ1v) is 14.0. The number of carbonyl (C=O) groups is 3. The third-order valence-corrected chi connectivity index (χ3v) is 9.72. The van der Waals surface area contributed by atoms with Crippen LogP contribution in [0.1, 0.15) is 5.69 Å². The monoisotopic (exact) mass is 605 g/mol. The lowest BCUT2D eigenvalue weighted by atomic mass is 10.0. The van der Waals surface area contributed by atoms with Crippen LogP contribution in [0, 0.1) is 0 Å². The number of carbonyl (C=O) groups excluding carboxylic acids is 2. The molecule has 20 heteroatoms. The number of carboxylic acids is 1. The number of amides is 2. The molecule has 4 heterocycles. The van der Waals surface area contributed by atoms with Crippen molar-refractivity contribution in [2.24, 2.45) is 5.16 Å². The number of β-lactam (4-membered cyclic amide) rings is 1. The number of anilines is 3. The second-order valence-electron chi connectivity index (χ2n) is 7.14. The van der Waals surface area contributed by atoms with Crippen LogP contribution < -0.4 is 28.2 Å². The fraction of sp³-hybridized carbons (Fsp3) is 0.235. The van der Waals surface area contributed by atoms with E-state index in [0.29, 0.717) is 4.91 Å². The smallest absolute Gasteiger partial charge is 0.353 e. The van der Waals surface area contributed by atoms with Gasteiger partial charge in [0.15, 0.2) is 10.8 Å². The zero-order valence-electron chi connectivity index (χ0n) is 18.1. The minimum absolute atomic E-state index is 0.0180. The molecule has 1 fully saturated rings. The summed E-state index contributed by atoms with van der Waals surface area (Å²) in [5, 5.41) is 24.2. The number of nitrogens with two attached hydrogens (primary N) is 3. The number of thiazole rings is 1. The number of nitrogens with zero attached hydrogens (tertiary/aromatic N) is 4. The largest absolute Gasteiger partial charge is 0.477 e. The Labute approximate surface area is 228 Å². The van der Waals surface area contributed by atoms with Crippen molar-refractivity contribution in [2.75, 3.05) is 28.0 Å². The predicted molar refractivity (Wildman–Crippen MR) is 142 cm³/mol. The van der Waals surface area contributed by atoms with Gasteiger partial charge in [-0.05, 0) is 0 Å². The SMILES string of the molecule is Nc1nc(/C(=N/O)C(=O)NC2C(=O)N3C(C(=O)O)=C(SCSc4nc(=O)[nH]c(N)c4N)CSC23)c(Cl)s1. The molecule has 10 N–H and O–H groups in total. The molecule has 0 bridgehead atoms. The number of rotatable bonds is 8. The van der Waals surface area contributed by atoms with Crippen LogP contribution in [0.3, 0.4) is 0 Å². The van der Waals surface area contributed by atoms with E-state index in [1.54, 1.807) is 0 Å². The summed E-state index contributed by atoms with van der Waals surface area (Å²) in [4.78, 5) is 60.5. The highest BCUT2D eigenvalue weighted by Gasteiger charge is 2.54. The number of hydrogen-bond acceptors (Lipinski definition) is 15. The highest BCUT2D eigenvalue weighted by molar-refractivity contribution is 8.18. The van der Waals surface area contributed by atoms with Crippen molar-refractivity contribution >= 4 is 98.4 Å². The molecule has 2 amide bonds. The Morgan fingerprint density at radius 2 is 2.00 bits per heavy atom. The summed E-state index contributed by atoms with van der Waals surface area (Å²) >= 11 is 10.3. The van der Waals surface area contributed by atoms with Gasteiger partial charge in [0.2, 0.25) is 0 Å². The molecule has 37 heavy (non-hydrogen) atoms. The van der Waals surface area contributed by atoms with Crippen LogP contribution >= 0.6 is 58.2 Å². The summed E-state index contributed by atoms with van der Waals surface area (Å²) in [6.45, 7) is 0. The van der Waals surface area contributed by atoms with E-state index < -0.39 is 40.6 Å². The molecule has 0 aromatic carbocycles. The number of aromatic amines is 1. The van der Waals surface area contributed by atoms with E-state index in [4.69, 9.17) is 28.8 Å². The number of aromatic nitrogens is 3. The average Bonchev–Trinajstić information content (AvgIpc) is 3.17. The van der Waals surface area contributed by atoms with Gasteiger partial charge < -0.3 is 32.8 Å². The van der Waals surface area contributed by atoms with Crippen molar-refractivity contribution in [3.63, 3.8) is 0 Å². The molecule has 2 unspecified atom stereocenters. The topological polar surface area (TPSA) is 256 Å². The molecule has 2 aliphatic heterocycles. The van der Waals surface area contributed by atoms with Crippen LogP contribution in [0.5, 0.6) is 0 Å². The number of hydrogen-bond donors (Lipinski definition) is 7. The van der Waals surface area contributed by atoms with Gasteiger partial charge in [-0.2, -0.15) is 4.98 Å². The number of H-pyrrole nitrogens is 1. The molecule has 15 nitrogen and oxygen atoms in total. The number of nitrogens with one attached hydrogen (secondary N) is 2. The molecular formula is C17H16ClN9O6S4. The lowest BCUT2D eigenvalue weighted by Gasteiger charge is -2.49. The Morgan fingerprint density at radius 1 is 1.27 bits per heavy atom. The number of fused-ring (bicyclic) bond motifs is 1. The summed E-state index contributed by atoms with van der Waals surface area (Å²) in [6.07, 6.45) is 0. The van der Waals surface area contributed by atoms with Gasteiger partial charge in [-0.3, -0.25) is 19.5 Å². The lowest BCUT2D eigenvalue weighted by Crippen LogP contribution is -2.71. The molecule has 4 rings (SSSR count). The molecule has 2 aliphatic rings. The van der Waals surface area contributed by atoms with Crippen molar-refractivity contribution < 1.29 is 24.7 Å². The Morgan fingerprint density at radius 3 is 2.62 bits per heavy atom. The molecule has 196 valence electrons. The predicted octanol–water partition coefficient (Wildman–Crippen LogP) is -0.0162. The van der Waals surface area contributed by atoms with Crippen LogP contribution in [0.4, 0.5) is 16.6 Å². The highest BCUT2D eigenvalue weighted by atomic mass is 35.5. The zero-order valence-corrected chi connectivity index (χ0v) is 22.2. The van der Waals surface area contributed by atoms with Crippen LogP contribution in [0.25, 0.3) is 0 Å². The molecule has 0 radical (unpaired) electrons. The number of oxime groups is 1. The second kappa shape index (κ2) is 10.7. The van der Waals surface area contributed by atoms with Crippen molar-refractivity contribution in [3.8, 4) is 0 Å². The van der Waals surface area contributed by atoms with Gasteiger partial charge in [-0.25, -0.2) is 14.6 Å². The van der Waals surface area contributed by atoms with Gasteiger partial charge in [0, 0.05) is 15.7 Å². The fourth-order valence-corrected chi connectivity index (χ4v) is 7.97. The maximum absolute atomic E-state index is 12.9. The van der Waals surface area contributed by atoms with E-state index >= 15 is 0 Å². The molecule has 1 saturated heterocycles. The van der Waals surface area contributed by atoms with E-state index in [2.05, 4.69) is 25.4 Å². The highest BCUT2D eigenvalue weighted by Crippen LogP contribution is 2.44. The summed E-state index contributed by atoms with van der Waals surface area (Å²) in [5.41, 5.74) is 15.5. The summed E-state index contributed by atoms with van der Waals surface area (Å²) in [7, 11) is 0. The van der Waals surface area contributed by atoms with E-state index in [9.17, 15) is 29.5 Å². The fourth-order valence-electron chi connectivity index (χ4n) is 3.32. The van der Waals surface area contributed by atoms with E-state index in [1.807, 2.05) is 0 Å². The quantitative estimate of drug-likeness (QED) is 0.0397. The molecule has 2 aromatic heterocycles. The second-order valence-corrected chi connectivity index (χ2v) is 12.3. The van der Waals surface area contributed by atoms with Gasteiger partial charge in [-0.15, -0.1) is 23.5 Å². The normalized spacial score (nSPS) is 19.4. The summed E-state index contributed by atoms with van der Waals surface area (Å²) in [5.74, 6) is -2.72. The molecular weight excluding hydrogens is 590 g/mol. The first kappa shape index (κ1) is 26.9. The van der Waals surface area contributed by atoms with Crippen molar-refractivity contribution in [3.05, 3.63) is 31.1 Å². The average molecular weight is 606 g/mol. The first-order valence-electron chi connectivity index (χ1n) is 9.80. The van der Waals surface area contributed by atoms with Crippen molar-refractivity contribution in [1.82, 2.24) is 25.2 Å². The van der Waals surface area contributed by atoms with Crippen LogP contribution in [0.15, 0.2) is 25.6 Å². The van der Waals surface area contributed by atoms with E-state index in [-0.39, 0.29) is 48.2 Å². The minimum atomic E-state index is -1.32. The summed E-state index contributed by atoms with van der Waals surface area (Å²) < 4.78 is 0.0180. The molecule has 0 spiro atoms. The van der Waals surface area contributed by atoms with Crippen LogP contribution in [-0.2, 0) is 14.4 Å². The third kappa shape index (κ3) is 5.17. The molecule has 0 aliphatic carbocycles. The van der Waals surface area contributed by atoms with Gasteiger partial charge in [-0.1, -0.05) is 39.9 Å². The standard InChI is InChI=1S/C17H16ClN9O6S4/c18-9-5(23-16(21)37-9)6(26-33)11(28)22-7-13(29)27-8(15(30)31)3(1-34-14(7)27)35-2-36-12-4(19)10(20)24-17(32)25-12/h7,14,33H,1-2,19H2,(H2,21,23)(H,22,28)(H,30,31)(H3,20,24,25,32)/b26-6-. The Bertz CT molecular complexity index is 1430. The maximum Gasteiger partial charge on any atom is 0.353 e. The third-order valence-electron chi connectivity index (χ3n) is 4.96. The van der Waals surface area contributed by atoms with Crippen molar-refractivity contribution in [1.29, 1.82) is 0 Å². The Kier molecular flexibility index (Phi) is 7.78. The van der Waals surface area contributed by atoms with Gasteiger partial charge in [0.1, 0.15) is 43.7 Å². The van der Waals surface area contributed by atoms with Crippen LogP contribution in [0.2, 0.25) is 4.34 Å². The first-order chi connectivity index (χ1) is 17.5. The number of carboxylic acid groups (broad SMARTS) is 1. The maximum atomic E-state index is 12.9. The van der Waals surface area contributed by atoms with Gasteiger partial charge in [0.05, 0.1) is 0 Å². The molecule has 2 atom stereocenters. The van der Waals surface area contributed by atoms with Gasteiger partial charge >= 0.3 is 11.7 Å². The van der Waals surface area contributed by atoms with E-state index in [0.717, 1.165) is 39.8 Å². The van der Waals surface area contributed by atoms with Crippen molar-refractivity contribution in [2.45, 2.75) is 16.4 Å².